The van der Waals surface area contributed by atoms with Crippen molar-refractivity contribution >= 4 is 5.97 Å². The monoisotopic (exact) mass is 277 g/mol. The van der Waals surface area contributed by atoms with Crippen LogP contribution in [-0.4, -0.2) is 20.1 Å². The molecule has 5 heteroatoms. The summed E-state index contributed by atoms with van der Waals surface area (Å²) in [5.41, 5.74) is 1.31. The van der Waals surface area contributed by atoms with Crippen LogP contribution in [0.3, 0.4) is 0 Å². The highest BCUT2D eigenvalue weighted by molar-refractivity contribution is 5.86. The summed E-state index contributed by atoms with van der Waals surface area (Å²) in [6.45, 7) is 1.70. The van der Waals surface area contributed by atoms with Crippen molar-refractivity contribution in [3.8, 4) is 0 Å². The van der Waals surface area contributed by atoms with Gasteiger partial charge in [-0.2, -0.15) is 0 Å². The Labute approximate surface area is 116 Å². The number of rotatable bonds is 4. The molecule has 1 aromatic heterocycles. The Bertz CT molecular complexity index is 621. The lowest BCUT2D eigenvalue weighted by molar-refractivity contribution is 0.0562. The van der Waals surface area contributed by atoms with Gasteiger partial charge in [-0.25, -0.2) is 9.18 Å². The summed E-state index contributed by atoms with van der Waals surface area (Å²) in [5.74, 6) is -0.171. The molecular weight excluding hydrogens is 261 g/mol. The number of hydrogen-bond acceptors (Lipinski definition) is 4. The molecule has 0 aliphatic heterocycles. The quantitative estimate of drug-likeness (QED) is 0.873. The topological polar surface area (TPSA) is 51.5 Å². The maximum Gasteiger partial charge on any atom is 0.373 e. The predicted octanol–water partition coefficient (Wildman–Crippen LogP) is 2.82. The summed E-state index contributed by atoms with van der Waals surface area (Å²) in [6, 6.07) is 7.86. The van der Waals surface area contributed by atoms with E-state index in [0.717, 1.165) is 5.56 Å². The maximum absolute atomic E-state index is 13.6. The highest BCUT2D eigenvalue weighted by Gasteiger charge is 2.19. The number of nitrogens with one attached hydrogen (secondary N) is 1. The molecule has 4 nitrogen and oxygen atoms in total. The molecule has 0 spiro atoms. The highest BCUT2D eigenvalue weighted by atomic mass is 19.1. The first-order valence-electron chi connectivity index (χ1n) is 6.18. The van der Waals surface area contributed by atoms with Gasteiger partial charge in [-0.1, -0.05) is 12.1 Å². The van der Waals surface area contributed by atoms with E-state index in [2.05, 4.69) is 10.1 Å². The van der Waals surface area contributed by atoms with Gasteiger partial charge in [-0.3, -0.25) is 0 Å². The van der Waals surface area contributed by atoms with Crippen LogP contribution in [0.15, 0.2) is 34.7 Å². The number of halogens is 1. The molecule has 1 unspecified atom stereocenters. The lowest BCUT2D eigenvalue weighted by atomic mass is 10.0. The molecule has 106 valence electrons. The number of carbonyl (C=O) groups excluding carboxylic acids is 1. The fraction of sp³-hybridized carbons (Fsp3) is 0.267. The lowest BCUT2D eigenvalue weighted by Gasteiger charge is -2.14. The molecule has 1 aromatic carbocycles. The van der Waals surface area contributed by atoms with Crippen LogP contribution < -0.4 is 5.32 Å². The molecule has 0 radical (unpaired) electrons. The zero-order valence-electron chi connectivity index (χ0n) is 11.6. The Morgan fingerprint density at radius 1 is 1.35 bits per heavy atom. The average molecular weight is 277 g/mol. The van der Waals surface area contributed by atoms with Crippen LogP contribution >= 0.6 is 0 Å². The van der Waals surface area contributed by atoms with Crippen molar-refractivity contribution in [2.24, 2.45) is 0 Å². The van der Waals surface area contributed by atoms with Crippen LogP contribution in [0.1, 0.15) is 33.5 Å². The van der Waals surface area contributed by atoms with Crippen molar-refractivity contribution in [1.82, 2.24) is 5.32 Å². The van der Waals surface area contributed by atoms with Crippen LogP contribution in [0.25, 0.3) is 0 Å². The number of hydrogen-bond donors (Lipinski definition) is 1. The van der Waals surface area contributed by atoms with E-state index in [-0.39, 0.29) is 17.6 Å². The van der Waals surface area contributed by atoms with Gasteiger partial charge in [-0.05, 0) is 43.3 Å². The fourth-order valence-corrected chi connectivity index (χ4v) is 1.98. The maximum atomic E-state index is 13.6. The second-order valence-electron chi connectivity index (χ2n) is 4.42. The first-order valence-corrected chi connectivity index (χ1v) is 6.18. The van der Waals surface area contributed by atoms with Gasteiger partial charge in [0.2, 0.25) is 5.76 Å². The zero-order valence-corrected chi connectivity index (χ0v) is 11.6. The van der Waals surface area contributed by atoms with Crippen LogP contribution in [0.2, 0.25) is 0 Å². The van der Waals surface area contributed by atoms with E-state index in [1.54, 1.807) is 26.1 Å². The van der Waals surface area contributed by atoms with Gasteiger partial charge < -0.3 is 14.5 Å². The summed E-state index contributed by atoms with van der Waals surface area (Å²) in [6.07, 6.45) is 0. The van der Waals surface area contributed by atoms with E-state index in [4.69, 9.17) is 4.42 Å². The van der Waals surface area contributed by atoms with E-state index in [0.29, 0.717) is 11.3 Å². The van der Waals surface area contributed by atoms with Gasteiger partial charge in [0.05, 0.1) is 13.2 Å². The number of methoxy groups -OCH3 is 1. The van der Waals surface area contributed by atoms with Gasteiger partial charge in [0.1, 0.15) is 11.6 Å². The molecule has 0 bridgehead atoms. The number of benzene rings is 1. The van der Waals surface area contributed by atoms with Crippen molar-refractivity contribution in [2.75, 3.05) is 14.2 Å². The van der Waals surface area contributed by atoms with Gasteiger partial charge >= 0.3 is 5.97 Å². The number of ether oxygens (including phenoxy) is 1. The third kappa shape index (κ3) is 2.72. The number of esters is 1. The number of carbonyl (C=O) groups is 1. The van der Waals surface area contributed by atoms with Crippen molar-refractivity contribution in [2.45, 2.75) is 13.0 Å². The van der Waals surface area contributed by atoms with E-state index < -0.39 is 5.97 Å². The third-order valence-electron chi connectivity index (χ3n) is 3.12. The Morgan fingerprint density at radius 3 is 2.70 bits per heavy atom. The van der Waals surface area contributed by atoms with Gasteiger partial charge in [-0.15, -0.1) is 0 Å². The molecule has 20 heavy (non-hydrogen) atoms. The molecule has 0 saturated carbocycles. The summed E-state index contributed by atoms with van der Waals surface area (Å²) >= 11 is 0. The Kier molecular flexibility index (Phi) is 4.20. The largest absolute Gasteiger partial charge is 0.463 e. The van der Waals surface area contributed by atoms with Crippen molar-refractivity contribution in [3.05, 3.63) is 58.8 Å². The Balaban J connectivity index is 2.34. The van der Waals surface area contributed by atoms with Gasteiger partial charge in [0, 0.05) is 0 Å². The molecule has 0 fully saturated rings. The fourth-order valence-electron chi connectivity index (χ4n) is 1.98. The third-order valence-corrected chi connectivity index (χ3v) is 3.12. The van der Waals surface area contributed by atoms with Crippen molar-refractivity contribution < 1.29 is 18.3 Å². The predicted molar refractivity (Wildman–Crippen MR) is 72.1 cm³/mol. The van der Waals surface area contributed by atoms with Gasteiger partial charge in [0.15, 0.2) is 0 Å². The van der Waals surface area contributed by atoms with E-state index in [1.165, 1.54) is 19.2 Å². The molecule has 2 rings (SSSR count). The molecule has 1 heterocycles. The van der Waals surface area contributed by atoms with E-state index in [1.807, 2.05) is 6.07 Å². The molecule has 0 aliphatic rings. The zero-order chi connectivity index (χ0) is 14.7. The summed E-state index contributed by atoms with van der Waals surface area (Å²) in [5, 5.41) is 3.04. The molecule has 2 aromatic rings. The van der Waals surface area contributed by atoms with Crippen molar-refractivity contribution in [1.29, 1.82) is 0 Å². The smallest absolute Gasteiger partial charge is 0.373 e. The van der Waals surface area contributed by atoms with Crippen LogP contribution in [0.5, 0.6) is 0 Å². The first kappa shape index (κ1) is 14.3. The molecular formula is C15H16FNO3. The van der Waals surface area contributed by atoms with E-state index >= 15 is 0 Å². The first-order chi connectivity index (χ1) is 9.56. The van der Waals surface area contributed by atoms with Gasteiger partial charge in [0.25, 0.3) is 0 Å². The lowest BCUT2D eigenvalue weighted by Crippen LogP contribution is -2.17. The van der Waals surface area contributed by atoms with E-state index in [9.17, 15) is 9.18 Å². The number of furan rings is 1. The molecule has 1 atom stereocenters. The summed E-state index contributed by atoms with van der Waals surface area (Å²) in [7, 11) is 3.03. The van der Waals surface area contributed by atoms with Crippen LogP contribution in [0.4, 0.5) is 4.39 Å². The number of aryl methyl sites for hydroxylation is 1. The minimum absolute atomic E-state index is 0.121. The Morgan fingerprint density at radius 2 is 2.10 bits per heavy atom. The van der Waals surface area contributed by atoms with Crippen LogP contribution in [-0.2, 0) is 4.74 Å². The molecule has 1 N–H and O–H groups in total. The van der Waals surface area contributed by atoms with Crippen molar-refractivity contribution in [3.63, 3.8) is 0 Å². The molecule has 0 amide bonds. The summed E-state index contributed by atoms with van der Waals surface area (Å²) in [4.78, 5) is 11.4. The summed E-state index contributed by atoms with van der Waals surface area (Å²) < 4.78 is 23.7. The molecule has 0 aliphatic carbocycles. The standard InChI is InChI=1S/C15H16FNO3/c1-9-4-5-10(8-11(9)16)14(17-2)12-6-7-13(20-12)15(18)19-3/h4-8,14,17H,1-3H3. The minimum Gasteiger partial charge on any atom is -0.463 e. The molecule has 0 saturated heterocycles. The Hall–Kier alpha value is -2.14. The highest BCUT2D eigenvalue weighted by Crippen LogP contribution is 2.25. The normalized spacial score (nSPS) is 12.2. The minimum atomic E-state index is -0.541. The SMILES string of the molecule is CNC(c1ccc(C)c(F)c1)c1ccc(C(=O)OC)o1. The second-order valence-corrected chi connectivity index (χ2v) is 4.42. The second kappa shape index (κ2) is 5.88. The van der Waals surface area contributed by atoms with Crippen LogP contribution in [0, 0.1) is 12.7 Å². The average Bonchev–Trinajstić information content (AvgIpc) is 2.92.